The minimum Gasteiger partial charge on any atom is -0.390 e. The van der Waals surface area contributed by atoms with E-state index in [0.29, 0.717) is 12.0 Å². The predicted octanol–water partition coefficient (Wildman–Crippen LogP) is 7.83. The second kappa shape index (κ2) is 16.6. The molecule has 0 saturated carbocycles. The number of ether oxygens (including phenoxy) is 1. The number of halogens is 3. The first kappa shape index (κ1) is 28.0. The van der Waals surface area contributed by atoms with Gasteiger partial charge in [-0.15, -0.1) is 0 Å². The first-order chi connectivity index (χ1) is 15.3. The number of carbonyl (C=O) groups excluding carboxylic acids is 2. The quantitative estimate of drug-likeness (QED) is 0.147. The highest BCUT2D eigenvalue weighted by atomic mass is 19.4. The fourth-order valence-electron chi connectivity index (χ4n) is 3.54. The highest BCUT2D eigenvalue weighted by Crippen LogP contribution is 2.23. The van der Waals surface area contributed by atoms with Crippen LogP contribution in [0, 0.1) is 0 Å². The van der Waals surface area contributed by atoms with Crippen molar-refractivity contribution in [3.8, 4) is 0 Å². The molecule has 32 heavy (non-hydrogen) atoms. The first-order valence-electron chi connectivity index (χ1n) is 11.9. The van der Waals surface area contributed by atoms with E-state index in [-0.39, 0.29) is 6.42 Å². The minimum atomic E-state index is -4.00. The Labute approximate surface area is 190 Å². The number of carbonyl (C=O) groups is 2. The van der Waals surface area contributed by atoms with Gasteiger partial charge in [-0.1, -0.05) is 70.6 Å². The van der Waals surface area contributed by atoms with Crippen LogP contribution < -0.4 is 5.32 Å². The number of alkyl halides is 3. The van der Waals surface area contributed by atoms with Crippen LogP contribution >= 0.6 is 0 Å². The van der Waals surface area contributed by atoms with Gasteiger partial charge in [0.25, 0.3) is 0 Å². The van der Waals surface area contributed by atoms with Crippen LogP contribution in [0.4, 0.5) is 18.9 Å². The van der Waals surface area contributed by atoms with Gasteiger partial charge in [0.05, 0.1) is 5.56 Å². The number of esters is 2. The van der Waals surface area contributed by atoms with Crippen molar-refractivity contribution < 1.29 is 27.5 Å². The highest BCUT2D eigenvalue weighted by molar-refractivity contribution is 5.96. The molecule has 0 unspecified atom stereocenters. The summed E-state index contributed by atoms with van der Waals surface area (Å²) >= 11 is 0. The zero-order valence-corrected chi connectivity index (χ0v) is 19.3. The van der Waals surface area contributed by atoms with Crippen LogP contribution in [-0.4, -0.2) is 24.7 Å². The summed E-state index contributed by atoms with van der Waals surface area (Å²) in [4.78, 5) is 22.4. The van der Waals surface area contributed by atoms with Gasteiger partial charge in [0.1, 0.15) is 0 Å². The predicted molar refractivity (Wildman–Crippen MR) is 122 cm³/mol. The van der Waals surface area contributed by atoms with Crippen LogP contribution in [0.2, 0.25) is 0 Å². The van der Waals surface area contributed by atoms with Gasteiger partial charge in [0, 0.05) is 25.6 Å². The molecule has 182 valence electrons. The van der Waals surface area contributed by atoms with Gasteiger partial charge in [0.15, 0.2) is 0 Å². The Morgan fingerprint density at radius 1 is 0.750 bits per heavy atom. The van der Waals surface area contributed by atoms with E-state index in [1.807, 2.05) is 0 Å². The molecule has 0 aliphatic heterocycles. The number of nitrogens with one attached hydrogen (secondary N) is 1. The largest absolute Gasteiger partial charge is 0.390 e. The molecule has 7 heteroatoms. The lowest BCUT2D eigenvalue weighted by molar-refractivity contribution is -0.136. The van der Waals surface area contributed by atoms with E-state index in [0.717, 1.165) is 37.9 Å². The average molecular weight is 458 g/mol. The van der Waals surface area contributed by atoms with E-state index in [2.05, 4.69) is 10.1 Å². The van der Waals surface area contributed by atoms with E-state index in [4.69, 9.17) is 0 Å². The molecule has 0 heterocycles. The molecule has 1 N–H and O–H groups in total. The maximum absolute atomic E-state index is 12.0. The summed E-state index contributed by atoms with van der Waals surface area (Å²) in [7, 11) is 0. The molecule has 1 aromatic carbocycles. The lowest BCUT2D eigenvalue weighted by Gasteiger charge is -2.07. The standard InChI is InChI=1S/C25H38F3NO3/c1-21(30)32-24(31)22-15-17-23(18-16-22)29-20-14-12-10-8-6-4-2-3-5-7-9-11-13-19-25(26,27)28/h15-18,29H,2-14,19-20H2,1H3. The molecule has 0 spiro atoms. The molecule has 0 aliphatic rings. The van der Waals surface area contributed by atoms with Gasteiger partial charge in [-0.05, 0) is 37.1 Å². The fourth-order valence-corrected chi connectivity index (χ4v) is 3.54. The van der Waals surface area contributed by atoms with Crippen molar-refractivity contribution in [1.29, 1.82) is 0 Å². The van der Waals surface area contributed by atoms with Crippen molar-refractivity contribution >= 4 is 17.6 Å². The van der Waals surface area contributed by atoms with Gasteiger partial charge in [-0.3, -0.25) is 4.79 Å². The van der Waals surface area contributed by atoms with Gasteiger partial charge >= 0.3 is 18.1 Å². The molecule has 0 aliphatic carbocycles. The van der Waals surface area contributed by atoms with Crippen LogP contribution in [0.1, 0.15) is 107 Å². The molecular weight excluding hydrogens is 419 g/mol. The van der Waals surface area contributed by atoms with E-state index in [1.54, 1.807) is 24.3 Å². The monoisotopic (exact) mass is 457 g/mol. The molecule has 4 nitrogen and oxygen atoms in total. The van der Waals surface area contributed by atoms with Crippen LogP contribution in [0.15, 0.2) is 24.3 Å². The van der Waals surface area contributed by atoms with Crippen molar-refractivity contribution in [3.05, 3.63) is 29.8 Å². The van der Waals surface area contributed by atoms with Gasteiger partial charge in [-0.2, -0.15) is 13.2 Å². The van der Waals surface area contributed by atoms with Crippen LogP contribution in [0.25, 0.3) is 0 Å². The average Bonchev–Trinajstić information content (AvgIpc) is 2.72. The van der Waals surface area contributed by atoms with Crippen molar-refractivity contribution in [1.82, 2.24) is 0 Å². The second-order valence-electron chi connectivity index (χ2n) is 8.35. The number of benzene rings is 1. The summed E-state index contributed by atoms with van der Waals surface area (Å²) in [5.74, 6) is -1.25. The summed E-state index contributed by atoms with van der Waals surface area (Å²) in [5.41, 5.74) is 1.29. The summed E-state index contributed by atoms with van der Waals surface area (Å²) < 4.78 is 40.6. The highest BCUT2D eigenvalue weighted by Gasteiger charge is 2.25. The Hall–Kier alpha value is -2.05. The van der Waals surface area contributed by atoms with Crippen molar-refractivity contribution in [3.63, 3.8) is 0 Å². The van der Waals surface area contributed by atoms with E-state index in [9.17, 15) is 22.8 Å². The zero-order valence-electron chi connectivity index (χ0n) is 19.3. The van der Waals surface area contributed by atoms with Crippen molar-refractivity contribution in [2.45, 2.75) is 103 Å². The molecule has 1 rings (SSSR count). The maximum atomic E-state index is 12.0. The van der Waals surface area contributed by atoms with Gasteiger partial charge in [-0.25, -0.2) is 4.79 Å². The number of rotatable bonds is 17. The van der Waals surface area contributed by atoms with Gasteiger partial charge in [0.2, 0.25) is 0 Å². The Morgan fingerprint density at radius 3 is 1.62 bits per heavy atom. The number of hydrogen-bond acceptors (Lipinski definition) is 4. The fraction of sp³-hybridized carbons (Fsp3) is 0.680. The molecule has 0 bridgehead atoms. The number of anilines is 1. The Morgan fingerprint density at radius 2 is 1.19 bits per heavy atom. The first-order valence-corrected chi connectivity index (χ1v) is 11.9. The zero-order chi connectivity index (χ0) is 23.7. The van der Waals surface area contributed by atoms with Crippen LogP contribution in [0.5, 0.6) is 0 Å². The molecule has 0 radical (unpaired) electrons. The molecular formula is C25H38F3NO3. The third kappa shape index (κ3) is 15.7. The lowest BCUT2D eigenvalue weighted by atomic mass is 10.0. The van der Waals surface area contributed by atoms with E-state index >= 15 is 0 Å². The SMILES string of the molecule is CC(=O)OC(=O)c1ccc(NCCCCCCCCCCCCCCCC(F)(F)F)cc1. The Kier molecular flexibility index (Phi) is 14.5. The van der Waals surface area contributed by atoms with Crippen LogP contribution in [0.3, 0.4) is 0 Å². The molecule has 0 saturated heterocycles. The molecule has 1 aromatic rings. The number of hydrogen-bond donors (Lipinski definition) is 1. The molecule has 0 aromatic heterocycles. The Bertz CT molecular complexity index is 645. The van der Waals surface area contributed by atoms with Crippen molar-refractivity contribution in [2.75, 3.05) is 11.9 Å². The normalized spacial score (nSPS) is 11.4. The maximum Gasteiger partial charge on any atom is 0.389 e. The summed E-state index contributed by atoms with van der Waals surface area (Å²) in [6, 6.07) is 6.89. The smallest absolute Gasteiger partial charge is 0.389 e. The second-order valence-corrected chi connectivity index (χ2v) is 8.35. The third-order valence-corrected chi connectivity index (χ3v) is 5.32. The Balaban J connectivity index is 1.88. The third-order valence-electron chi connectivity index (χ3n) is 5.32. The van der Waals surface area contributed by atoms with Crippen LogP contribution in [-0.2, 0) is 9.53 Å². The molecule has 0 amide bonds. The van der Waals surface area contributed by atoms with E-state index in [1.165, 1.54) is 51.9 Å². The van der Waals surface area contributed by atoms with E-state index < -0.39 is 24.5 Å². The summed E-state index contributed by atoms with van der Waals surface area (Å²) in [6.45, 7) is 2.08. The topological polar surface area (TPSA) is 55.4 Å². The summed E-state index contributed by atoms with van der Waals surface area (Å²) in [5, 5.41) is 3.33. The molecule has 0 atom stereocenters. The van der Waals surface area contributed by atoms with Gasteiger partial charge < -0.3 is 10.1 Å². The van der Waals surface area contributed by atoms with Crippen molar-refractivity contribution in [2.24, 2.45) is 0 Å². The number of unbranched alkanes of at least 4 members (excludes halogenated alkanes) is 12. The minimum absolute atomic E-state index is 0.268. The molecule has 0 fully saturated rings. The lowest BCUT2D eigenvalue weighted by Crippen LogP contribution is -2.09. The summed E-state index contributed by atoms with van der Waals surface area (Å²) in [6.07, 6.45) is 9.04.